The van der Waals surface area contributed by atoms with Gasteiger partial charge in [-0.1, -0.05) is 6.92 Å². The van der Waals surface area contributed by atoms with Crippen LogP contribution in [-0.2, 0) is 4.79 Å². The third-order valence-electron chi connectivity index (χ3n) is 3.20. The average molecular weight is 265 g/mol. The number of aliphatic carboxylic acids is 1. The number of ether oxygens (including phenoxy) is 1. The molecule has 1 aliphatic rings. The molecule has 0 aromatic carbocycles. The molecule has 104 valence electrons. The van der Waals surface area contributed by atoms with Gasteiger partial charge in [-0.15, -0.1) is 0 Å². The number of carboxylic acids is 1. The second-order valence-electron chi connectivity index (χ2n) is 4.64. The monoisotopic (exact) mass is 265 g/mol. The minimum absolute atomic E-state index is 0.240. The Balaban J connectivity index is 1.97. The Kier molecular flexibility index (Phi) is 4.54. The average Bonchev–Trinajstić information content (AvgIpc) is 2.45. The van der Waals surface area contributed by atoms with Crippen LogP contribution in [0.15, 0.2) is 12.3 Å². The van der Waals surface area contributed by atoms with Crippen molar-refractivity contribution in [3.05, 3.63) is 12.3 Å². The fourth-order valence-corrected chi connectivity index (χ4v) is 2.10. The van der Waals surface area contributed by atoms with Gasteiger partial charge in [-0.05, 0) is 19.3 Å². The van der Waals surface area contributed by atoms with Crippen molar-refractivity contribution in [1.82, 2.24) is 9.97 Å². The van der Waals surface area contributed by atoms with E-state index >= 15 is 0 Å². The van der Waals surface area contributed by atoms with E-state index in [1.165, 1.54) is 0 Å². The van der Waals surface area contributed by atoms with E-state index in [0.717, 1.165) is 6.42 Å². The molecule has 1 saturated heterocycles. The summed E-state index contributed by atoms with van der Waals surface area (Å²) in [4.78, 5) is 21.5. The summed E-state index contributed by atoms with van der Waals surface area (Å²) in [6.45, 7) is 4.03. The van der Waals surface area contributed by atoms with Crippen molar-refractivity contribution < 1.29 is 14.6 Å². The minimum atomic E-state index is -0.708. The maximum atomic E-state index is 10.9. The fourth-order valence-electron chi connectivity index (χ4n) is 2.10. The lowest BCUT2D eigenvalue weighted by atomic mass is 9.97. The molecule has 0 amide bonds. The number of hydrogen-bond donors (Lipinski definition) is 1. The van der Waals surface area contributed by atoms with Gasteiger partial charge in [0, 0.05) is 25.4 Å². The van der Waals surface area contributed by atoms with E-state index in [4.69, 9.17) is 9.84 Å². The van der Waals surface area contributed by atoms with Gasteiger partial charge in [0.05, 0.1) is 12.5 Å². The predicted molar refractivity (Wildman–Crippen MR) is 70.4 cm³/mol. The summed E-state index contributed by atoms with van der Waals surface area (Å²) in [6, 6.07) is 1.74. The Hall–Kier alpha value is -1.85. The Morgan fingerprint density at radius 1 is 1.53 bits per heavy atom. The maximum Gasteiger partial charge on any atom is 0.306 e. The summed E-state index contributed by atoms with van der Waals surface area (Å²) in [7, 11) is 0. The quantitative estimate of drug-likeness (QED) is 0.871. The first-order chi connectivity index (χ1) is 9.20. The highest BCUT2D eigenvalue weighted by molar-refractivity contribution is 5.70. The third-order valence-corrected chi connectivity index (χ3v) is 3.20. The second kappa shape index (κ2) is 6.36. The molecule has 1 aromatic rings. The molecule has 2 heterocycles. The second-order valence-corrected chi connectivity index (χ2v) is 4.64. The first kappa shape index (κ1) is 13.6. The summed E-state index contributed by atoms with van der Waals surface area (Å²) in [5.41, 5.74) is 0. The molecule has 1 aliphatic heterocycles. The number of piperidine rings is 1. The molecule has 0 aliphatic carbocycles. The molecule has 1 N–H and O–H groups in total. The summed E-state index contributed by atoms with van der Waals surface area (Å²) < 4.78 is 5.47. The van der Waals surface area contributed by atoms with E-state index < -0.39 is 5.97 Å². The van der Waals surface area contributed by atoms with E-state index in [0.29, 0.717) is 44.4 Å². The Morgan fingerprint density at radius 2 is 2.26 bits per heavy atom. The van der Waals surface area contributed by atoms with E-state index in [-0.39, 0.29) is 5.92 Å². The van der Waals surface area contributed by atoms with Gasteiger partial charge in [0.25, 0.3) is 0 Å². The van der Waals surface area contributed by atoms with Gasteiger partial charge in [-0.2, -0.15) is 4.98 Å². The van der Waals surface area contributed by atoms with Crippen LogP contribution in [0.4, 0.5) is 5.95 Å². The topological polar surface area (TPSA) is 75.5 Å². The Bertz CT molecular complexity index is 431. The summed E-state index contributed by atoms with van der Waals surface area (Å²) in [5, 5.41) is 8.97. The van der Waals surface area contributed by atoms with E-state index in [9.17, 15) is 4.79 Å². The Morgan fingerprint density at radius 3 is 2.89 bits per heavy atom. The van der Waals surface area contributed by atoms with Gasteiger partial charge in [0.15, 0.2) is 0 Å². The van der Waals surface area contributed by atoms with Gasteiger partial charge in [-0.25, -0.2) is 4.98 Å². The van der Waals surface area contributed by atoms with E-state index in [1.807, 2.05) is 11.8 Å². The van der Waals surface area contributed by atoms with Crippen LogP contribution in [0.2, 0.25) is 0 Å². The van der Waals surface area contributed by atoms with Gasteiger partial charge >= 0.3 is 5.97 Å². The molecule has 0 spiro atoms. The van der Waals surface area contributed by atoms with E-state index in [1.54, 1.807) is 12.3 Å². The van der Waals surface area contributed by atoms with Gasteiger partial charge in [0.2, 0.25) is 11.8 Å². The van der Waals surface area contributed by atoms with Crippen LogP contribution >= 0.6 is 0 Å². The normalized spacial score (nSPS) is 16.4. The zero-order valence-corrected chi connectivity index (χ0v) is 11.1. The summed E-state index contributed by atoms with van der Waals surface area (Å²) >= 11 is 0. The van der Waals surface area contributed by atoms with Crippen molar-refractivity contribution in [2.45, 2.75) is 26.2 Å². The summed E-state index contributed by atoms with van der Waals surface area (Å²) in [5.74, 6) is 0.251. The molecule has 0 atom stereocenters. The van der Waals surface area contributed by atoms with Crippen molar-refractivity contribution in [2.24, 2.45) is 5.92 Å². The van der Waals surface area contributed by atoms with Gasteiger partial charge in [-0.3, -0.25) is 4.79 Å². The van der Waals surface area contributed by atoms with Crippen LogP contribution in [-0.4, -0.2) is 40.7 Å². The highest BCUT2D eigenvalue weighted by Gasteiger charge is 2.25. The number of carboxylic acid groups (broad SMARTS) is 1. The molecule has 6 heteroatoms. The SMILES string of the molecule is CCCOc1ccnc(N2CCC(C(=O)O)CC2)n1. The molecule has 1 aromatic heterocycles. The van der Waals surface area contributed by atoms with E-state index in [2.05, 4.69) is 9.97 Å². The highest BCUT2D eigenvalue weighted by atomic mass is 16.5. The number of anilines is 1. The zero-order valence-electron chi connectivity index (χ0n) is 11.1. The smallest absolute Gasteiger partial charge is 0.306 e. The molecule has 6 nitrogen and oxygen atoms in total. The lowest BCUT2D eigenvalue weighted by molar-refractivity contribution is -0.142. The molecular formula is C13H19N3O3. The molecule has 0 bridgehead atoms. The predicted octanol–water partition coefficient (Wildman–Crippen LogP) is 1.57. The number of carbonyl (C=O) groups is 1. The van der Waals surface area contributed by atoms with Crippen LogP contribution in [0.25, 0.3) is 0 Å². The van der Waals surface area contributed by atoms with Crippen molar-refractivity contribution in [2.75, 3.05) is 24.6 Å². The highest BCUT2D eigenvalue weighted by Crippen LogP contribution is 2.21. The molecular weight excluding hydrogens is 246 g/mol. The first-order valence-electron chi connectivity index (χ1n) is 6.64. The minimum Gasteiger partial charge on any atom is -0.481 e. The van der Waals surface area contributed by atoms with Crippen LogP contribution < -0.4 is 9.64 Å². The van der Waals surface area contributed by atoms with Crippen molar-refractivity contribution in [3.8, 4) is 5.88 Å². The lowest BCUT2D eigenvalue weighted by Crippen LogP contribution is -2.37. The third kappa shape index (κ3) is 3.56. The Labute approximate surface area is 112 Å². The lowest BCUT2D eigenvalue weighted by Gasteiger charge is -2.30. The standard InChI is InChI=1S/C13H19N3O3/c1-2-9-19-11-3-6-14-13(15-11)16-7-4-10(5-8-16)12(17)18/h3,6,10H,2,4-5,7-9H2,1H3,(H,17,18). The van der Waals surface area contributed by atoms with Crippen LogP contribution in [0.1, 0.15) is 26.2 Å². The maximum absolute atomic E-state index is 10.9. The first-order valence-corrected chi connectivity index (χ1v) is 6.64. The molecule has 0 radical (unpaired) electrons. The van der Waals surface area contributed by atoms with Gasteiger partial charge < -0.3 is 14.7 Å². The van der Waals surface area contributed by atoms with Crippen LogP contribution in [0, 0.1) is 5.92 Å². The number of nitrogens with zero attached hydrogens (tertiary/aromatic N) is 3. The largest absolute Gasteiger partial charge is 0.481 e. The van der Waals surface area contributed by atoms with Gasteiger partial charge in [0.1, 0.15) is 0 Å². The molecule has 0 saturated carbocycles. The van der Waals surface area contributed by atoms with Crippen LogP contribution in [0.3, 0.4) is 0 Å². The molecule has 19 heavy (non-hydrogen) atoms. The molecule has 1 fully saturated rings. The fraction of sp³-hybridized carbons (Fsp3) is 0.615. The molecule has 2 rings (SSSR count). The summed E-state index contributed by atoms with van der Waals surface area (Å²) in [6.07, 6.45) is 3.89. The van der Waals surface area contributed by atoms with Crippen molar-refractivity contribution >= 4 is 11.9 Å². The number of hydrogen-bond acceptors (Lipinski definition) is 5. The number of aromatic nitrogens is 2. The van der Waals surface area contributed by atoms with Crippen LogP contribution in [0.5, 0.6) is 5.88 Å². The zero-order chi connectivity index (χ0) is 13.7. The van der Waals surface area contributed by atoms with Crippen molar-refractivity contribution in [1.29, 1.82) is 0 Å². The van der Waals surface area contributed by atoms with Crippen molar-refractivity contribution in [3.63, 3.8) is 0 Å². The number of rotatable bonds is 5. The molecule has 0 unspecified atom stereocenters.